The summed E-state index contributed by atoms with van der Waals surface area (Å²) in [6.07, 6.45) is 1.39. The fourth-order valence-corrected chi connectivity index (χ4v) is 2.49. The van der Waals surface area contributed by atoms with E-state index in [0.29, 0.717) is 6.54 Å². The Morgan fingerprint density at radius 1 is 1.22 bits per heavy atom. The number of aryl methyl sites for hydroxylation is 1. The average Bonchev–Trinajstić information content (AvgIpc) is 2.40. The molecule has 2 rings (SSSR count). The first-order valence-electron chi connectivity index (χ1n) is 5.27. The van der Waals surface area contributed by atoms with Gasteiger partial charge in [0.2, 0.25) is 0 Å². The Kier molecular flexibility index (Phi) is 4.69. The highest BCUT2D eigenvalue weighted by molar-refractivity contribution is 7.99. The minimum absolute atomic E-state index is 0.0244. The molecule has 1 heterocycles. The molecule has 0 atom stereocenters. The highest BCUT2D eigenvalue weighted by atomic mass is 35.5. The first kappa shape index (κ1) is 13.5. The van der Waals surface area contributed by atoms with E-state index in [1.54, 1.807) is 11.8 Å². The van der Waals surface area contributed by atoms with E-state index in [1.807, 2.05) is 30.3 Å². The molecule has 0 aliphatic heterocycles. The minimum Gasteiger partial charge on any atom is -0.266 e. The molecule has 0 aliphatic carbocycles. The molecule has 0 radical (unpaired) electrons. The zero-order valence-corrected chi connectivity index (χ0v) is 11.7. The van der Waals surface area contributed by atoms with Crippen LogP contribution in [0.4, 0.5) is 0 Å². The van der Waals surface area contributed by atoms with Crippen LogP contribution in [-0.4, -0.2) is 15.5 Å². The molecule has 0 saturated heterocycles. The molecule has 0 bridgehead atoms. The Morgan fingerprint density at radius 3 is 2.67 bits per heavy atom. The number of halogens is 2. The SMILES string of the molecule is O=c1c(Cl)c(Cl)cnn1CCSc1ccccc1. The fourth-order valence-electron chi connectivity index (χ4n) is 1.37. The number of benzene rings is 1. The highest BCUT2D eigenvalue weighted by Crippen LogP contribution is 2.17. The Labute approximate surface area is 119 Å². The largest absolute Gasteiger partial charge is 0.287 e. The third kappa shape index (κ3) is 3.28. The Bertz CT molecular complexity index is 586. The molecule has 3 nitrogen and oxygen atoms in total. The molecule has 1 aromatic heterocycles. The fraction of sp³-hybridized carbons (Fsp3) is 0.167. The first-order chi connectivity index (χ1) is 8.68. The third-order valence-electron chi connectivity index (χ3n) is 2.26. The zero-order chi connectivity index (χ0) is 13.0. The van der Waals surface area contributed by atoms with Crippen LogP contribution in [0.5, 0.6) is 0 Å². The summed E-state index contributed by atoms with van der Waals surface area (Å²) in [6, 6.07) is 9.97. The Balaban J connectivity index is 1.99. The maximum absolute atomic E-state index is 11.7. The van der Waals surface area contributed by atoms with Crippen LogP contribution in [0.3, 0.4) is 0 Å². The predicted octanol–water partition coefficient (Wildman–Crippen LogP) is 3.34. The zero-order valence-electron chi connectivity index (χ0n) is 9.35. The van der Waals surface area contributed by atoms with Crippen LogP contribution in [0, 0.1) is 0 Å². The number of hydrogen-bond donors (Lipinski definition) is 0. The van der Waals surface area contributed by atoms with Crippen LogP contribution in [0.2, 0.25) is 10.0 Å². The molecule has 1 aromatic carbocycles. The summed E-state index contributed by atoms with van der Waals surface area (Å²) in [6.45, 7) is 0.495. The van der Waals surface area contributed by atoms with E-state index in [9.17, 15) is 4.79 Å². The summed E-state index contributed by atoms with van der Waals surface area (Å²) in [5.41, 5.74) is -0.349. The predicted molar refractivity (Wildman–Crippen MR) is 75.7 cm³/mol. The summed E-state index contributed by atoms with van der Waals surface area (Å²) >= 11 is 13.1. The van der Waals surface area contributed by atoms with Gasteiger partial charge < -0.3 is 0 Å². The second-order valence-electron chi connectivity index (χ2n) is 3.50. The lowest BCUT2D eigenvalue weighted by Gasteiger charge is -2.05. The lowest BCUT2D eigenvalue weighted by molar-refractivity contribution is 0.621. The van der Waals surface area contributed by atoms with E-state index in [4.69, 9.17) is 23.2 Å². The van der Waals surface area contributed by atoms with E-state index in [2.05, 4.69) is 5.10 Å². The summed E-state index contributed by atoms with van der Waals surface area (Å²) in [7, 11) is 0. The molecular weight excluding hydrogens is 291 g/mol. The molecule has 0 saturated carbocycles. The van der Waals surface area contributed by atoms with Crippen molar-refractivity contribution in [2.24, 2.45) is 0 Å². The topological polar surface area (TPSA) is 34.9 Å². The van der Waals surface area contributed by atoms with Gasteiger partial charge in [0, 0.05) is 10.6 Å². The molecule has 0 spiro atoms. The van der Waals surface area contributed by atoms with Crippen molar-refractivity contribution in [2.45, 2.75) is 11.4 Å². The smallest absolute Gasteiger partial charge is 0.266 e. The second kappa shape index (κ2) is 6.27. The third-order valence-corrected chi connectivity index (χ3v) is 4.00. The van der Waals surface area contributed by atoms with Gasteiger partial charge in [-0.25, -0.2) is 4.68 Å². The van der Waals surface area contributed by atoms with Crippen molar-refractivity contribution < 1.29 is 0 Å². The molecule has 0 fully saturated rings. The van der Waals surface area contributed by atoms with Gasteiger partial charge in [-0.3, -0.25) is 4.79 Å². The van der Waals surface area contributed by atoms with E-state index in [-0.39, 0.29) is 15.6 Å². The van der Waals surface area contributed by atoms with Crippen molar-refractivity contribution in [1.29, 1.82) is 0 Å². The average molecular weight is 301 g/mol. The molecule has 18 heavy (non-hydrogen) atoms. The lowest BCUT2D eigenvalue weighted by Crippen LogP contribution is -2.24. The van der Waals surface area contributed by atoms with Gasteiger partial charge in [-0.15, -0.1) is 11.8 Å². The Morgan fingerprint density at radius 2 is 1.94 bits per heavy atom. The van der Waals surface area contributed by atoms with E-state index in [1.165, 1.54) is 10.9 Å². The molecule has 94 valence electrons. The molecular formula is C12H10Cl2N2OS. The van der Waals surface area contributed by atoms with Gasteiger partial charge in [0.05, 0.1) is 17.8 Å². The molecule has 6 heteroatoms. The monoisotopic (exact) mass is 300 g/mol. The van der Waals surface area contributed by atoms with Gasteiger partial charge in [0.15, 0.2) is 0 Å². The van der Waals surface area contributed by atoms with E-state index < -0.39 is 0 Å². The summed E-state index contributed by atoms with van der Waals surface area (Å²) in [5, 5.41) is 4.16. The number of aromatic nitrogens is 2. The van der Waals surface area contributed by atoms with Gasteiger partial charge in [-0.2, -0.15) is 5.10 Å². The van der Waals surface area contributed by atoms with Crippen LogP contribution >= 0.6 is 35.0 Å². The maximum atomic E-state index is 11.7. The van der Waals surface area contributed by atoms with Crippen molar-refractivity contribution >= 4 is 35.0 Å². The number of thioether (sulfide) groups is 1. The first-order valence-corrected chi connectivity index (χ1v) is 7.01. The molecule has 0 N–H and O–H groups in total. The van der Waals surface area contributed by atoms with Crippen molar-refractivity contribution in [3.8, 4) is 0 Å². The molecule has 0 unspecified atom stereocenters. The van der Waals surface area contributed by atoms with Crippen LogP contribution in [0.15, 0.2) is 46.2 Å². The summed E-state index contributed by atoms with van der Waals surface area (Å²) < 4.78 is 1.32. The van der Waals surface area contributed by atoms with Crippen molar-refractivity contribution in [2.75, 3.05) is 5.75 Å². The molecule has 2 aromatic rings. The normalized spacial score (nSPS) is 10.6. The van der Waals surface area contributed by atoms with Crippen LogP contribution in [0.1, 0.15) is 0 Å². The van der Waals surface area contributed by atoms with Gasteiger partial charge in [0.25, 0.3) is 5.56 Å². The molecule has 0 amide bonds. The summed E-state index contributed by atoms with van der Waals surface area (Å²) in [4.78, 5) is 12.9. The van der Waals surface area contributed by atoms with Gasteiger partial charge in [-0.1, -0.05) is 41.4 Å². The highest BCUT2D eigenvalue weighted by Gasteiger charge is 2.06. The standard InChI is InChI=1S/C12H10Cl2N2OS/c13-10-8-15-16(12(17)11(10)14)6-7-18-9-4-2-1-3-5-9/h1-5,8H,6-7H2. The van der Waals surface area contributed by atoms with Gasteiger partial charge >= 0.3 is 0 Å². The van der Waals surface area contributed by atoms with E-state index >= 15 is 0 Å². The molecule has 0 aliphatic rings. The second-order valence-corrected chi connectivity index (χ2v) is 5.45. The minimum atomic E-state index is -0.349. The van der Waals surface area contributed by atoms with E-state index in [0.717, 1.165) is 10.6 Å². The summed E-state index contributed by atoms with van der Waals surface area (Å²) in [5.74, 6) is 0.745. The van der Waals surface area contributed by atoms with Crippen molar-refractivity contribution in [3.05, 3.63) is 56.9 Å². The maximum Gasteiger partial charge on any atom is 0.287 e. The van der Waals surface area contributed by atoms with Crippen LogP contribution < -0.4 is 5.56 Å². The Hall–Kier alpha value is -0.970. The van der Waals surface area contributed by atoms with Gasteiger partial charge in [0.1, 0.15) is 5.02 Å². The van der Waals surface area contributed by atoms with Crippen LogP contribution in [-0.2, 0) is 6.54 Å². The number of hydrogen-bond acceptors (Lipinski definition) is 3. The number of rotatable bonds is 4. The van der Waals surface area contributed by atoms with Crippen LogP contribution in [0.25, 0.3) is 0 Å². The van der Waals surface area contributed by atoms with Crippen molar-refractivity contribution in [3.63, 3.8) is 0 Å². The number of nitrogens with zero attached hydrogens (tertiary/aromatic N) is 2. The quantitative estimate of drug-likeness (QED) is 0.812. The van der Waals surface area contributed by atoms with Gasteiger partial charge in [-0.05, 0) is 12.1 Å². The van der Waals surface area contributed by atoms with Crippen molar-refractivity contribution in [1.82, 2.24) is 9.78 Å². The lowest BCUT2D eigenvalue weighted by atomic mass is 10.4.